The Balaban J connectivity index is 3.34. The largest absolute Gasteiger partial charge is 0.330 e. The highest BCUT2D eigenvalue weighted by Gasteiger charge is 2.04. The maximum absolute atomic E-state index is 11.3. The van der Waals surface area contributed by atoms with Crippen molar-refractivity contribution in [1.82, 2.24) is 0 Å². The molecule has 0 bridgehead atoms. The van der Waals surface area contributed by atoms with Crippen LogP contribution in [0.5, 0.6) is 0 Å². The van der Waals surface area contributed by atoms with E-state index in [1.54, 1.807) is 0 Å². The monoisotopic (exact) mass is 183 g/mol. The summed E-state index contributed by atoms with van der Waals surface area (Å²) >= 11 is 0. The van der Waals surface area contributed by atoms with Crippen LogP contribution in [0.2, 0.25) is 0 Å². The number of Topliss-reactive ketones (excluding diaryl/α,β-unsaturated/α-hetero) is 1. The first kappa shape index (κ1) is 12.4. The molecule has 0 aromatic carbocycles. The summed E-state index contributed by atoms with van der Waals surface area (Å²) in [6, 6.07) is 0. The molecule has 0 fully saturated rings. The summed E-state index contributed by atoms with van der Waals surface area (Å²) in [4.78, 5) is 11.3. The van der Waals surface area contributed by atoms with E-state index in [1.165, 1.54) is 0 Å². The van der Waals surface area contributed by atoms with E-state index in [1.807, 2.05) is 6.08 Å². The molecule has 2 N–H and O–H groups in total. The third-order valence-corrected chi connectivity index (χ3v) is 2.18. The lowest BCUT2D eigenvalue weighted by atomic mass is 10.0. The van der Waals surface area contributed by atoms with Gasteiger partial charge in [0.15, 0.2) is 0 Å². The first-order valence-corrected chi connectivity index (χ1v) is 5.03. The second kappa shape index (κ2) is 7.99. The molecule has 0 rings (SSSR count). The molecule has 2 heteroatoms. The van der Waals surface area contributed by atoms with Crippen molar-refractivity contribution in [3.05, 3.63) is 12.7 Å². The topological polar surface area (TPSA) is 43.1 Å². The number of carbonyl (C=O) groups excluding carboxylic acids is 1. The van der Waals surface area contributed by atoms with Crippen LogP contribution in [-0.4, -0.2) is 12.3 Å². The van der Waals surface area contributed by atoms with E-state index < -0.39 is 0 Å². The van der Waals surface area contributed by atoms with E-state index in [2.05, 4.69) is 13.5 Å². The highest BCUT2D eigenvalue weighted by Crippen LogP contribution is 2.07. The highest BCUT2D eigenvalue weighted by atomic mass is 16.1. The molecule has 13 heavy (non-hydrogen) atoms. The van der Waals surface area contributed by atoms with Crippen LogP contribution in [0.15, 0.2) is 12.7 Å². The van der Waals surface area contributed by atoms with Crippen LogP contribution in [0, 0.1) is 5.92 Å². The molecule has 76 valence electrons. The average molecular weight is 183 g/mol. The Labute approximate surface area is 81.2 Å². The van der Waals surface area contributed by atoms with Gasteiger partial charge < -0.3 is 5.73 Å². The van der Waals surface area contributed by atoms with Crippen molar-refractivity contribution in [3.8, 4) is 0 Å². The van der Waals surface area contributed by atoms with Gasteiger partial charge in [0.05, 0.1) is 0 Å². The van der Waals surface area contributed by atoms with E-state index in [9.17, 15) is 4.79 Å². The molecule has 2 nitrogen and oxygen atoms in total. The summed E-state index contributed by atoms with van der Waals surface area (Å²) in [7, 11) is 0. The zero-order valence-corrected chi connectivity index (χ0v) is 8.59. The molecule has 1 unspecified atom stereocenters. The van der Waals surface area contributed by atoms with Crippen molar-refractivity contribution in [2.45, 2.75) is 39.0 Å². The standard InChI is InChI=1S/C11H21NO/c1-3-4-5-6-11(13)8-7-10(2)9-12/h3,10H,1,4-9,12H2,2H3. The van der Waals surface area contributed by atoms with Gasteiger partial charge in [0.25, 0.3) is 0 Å². The summed E-state index contributed by atoms with van der Waals surface area (Å²) in [6.45, 7) is 6.38. The van der Waals surface area contributed by atoms with Gasteiger partial charge in [-0.15, -0.1) is 6.58 Å². The number of ketones is 1. The first-order valence-electron chi connectivity index (χ1n) is 5.03. The van der Waals surface area contributed by atoms with Gasteiger partial charge in [0, 0.05) is 12.8 Å². The Morgan fingerprint density at radius 3 is 2.77 bits per heavy atom. The fourth-order valence-corrected chi connectivity index (χ4v) is 1.09. The Bertz CT molecular complexity index is 154. The summed E-state index contributed by atoms with van der Waals surface area (Å²) in [5.74, 6) is 0.838. The molecular formula is C11H21NO. The zero-order valence-electron chi connectivity index (χ0n) is 8.59. The minimum absolute atomic E-state index is 0.363. The van der Waals surface area contributed by atoms with Gasteiger partial charge in [-0.3, -0.25) is 4.79 Å². The second-order valence-corrected chi connectivity index (χ2v) is 3.60. The SMILES string of the molecule is C=CCCCC(=O)CCC(C)CN. The van der Waals surface area contributed by atoms with Crippen LogP contribution in [0.4, 0.5) is 0 Å². The van der Waals surface area contributed by atoms with E-state index >= 15 is 0 Å². The van der Waals surface area contributed by atoms with E-state index in [-0.39, 0.29) is 0 Å². The maximum atomic E-state index is 11.3. The Hall–Kier alpha value is -0.630. The first-order chi connectivity index (χ1) is 6.20. The average Bonchev–Trinajstić information content (AvgIpc) is 2.14. The molecular weight excluding hydrogens is 162 g/mol. The molecule has 0 aliphatic rings. The lowest BCUT2D eigenvalue weighted by molar-refractivity contribution is -0.119. The molecule has 1 atom stereocenters. The van der Waals surface area contributed by atoms with Crippen molar-refractivity contribution in [3.63, 3.8) is 0 Å². The third-order valence-electron chi connectivity index (χ3n) is 2.18. The minimum atomic E-state index is 0.363. The van der Waals surface area contributed by atoms with Crippen LogP contribution in [0.25, 0.3) is 0 Å². The normalized spacial score (nSPS) is 12.5. The summed E-state index contributed by atoms with van der Waals surface area (Å²) in [5.41, 5.74) is 5.46. The summed E-state index contributed by atoms with van der Waals surface area (Å²) in [5, 5.41) is 0. The van der Waals surface area contributed by atoms with Crippen molar-refractivity contribution >= 4 is 5.78 Å². The maximum Gasteiger partial charge on any atom is 0.132 e. The fraction of sp³-hybridized carbons (Fsp3) is 0.727. The quantitative estimate of drug-likeness (QED) is 0.463. The zero-order chi connectivity index (χ0) is 10.1. The van der Waals surface area contributed by atoms with Crippen molar-refractivity contribution in [1.29, 1.82) is 0 Å². The predicted molar refractivity (Wildman–Crippen MR) is 56.5 cm³/mol. The molecule has 0 saturated heterocycles. The Morgan fingerprint density at radius 2 is 2.23 bits per heavy atom. The van der Waals surface area contributed by atoms with Crippen LogP contribution >= 0.6 is 0 Å². The molecule has 0 aliphatic carbocycles. The van der Waals surface area contributed by atoms with Gasteiger partial charge in [0.1, 0.15) is 5.78 Å². The molecule has 0 amide bonds. The molecule has 0 saturated carbocycles. The van der Waals surface area contributed by atoms with Crippen molar-refractivity contribution in [2.24, 2.45) is 11.7 Å². The third kappa shape index (κ3) is 7.72. The molecule has 0 aliphatic heterocycles. The van der Waals surface area contributed by atoms with E-state index in [4.69, 9.17) is 5.73 Å². The number of hydrogen-bond acceptors (Lipinski definition) is 2. The molecule has 0 aromatic rings. The molecule has 0 aromatic heterocycles. The van der Waals surface area contributed by atoms with Gasteiger partial charge in [0.2, 0.25) is 0 Å². The van der Waals surface area contributed by atoms with Crippen LogP contribution in [0.1, 0.15) is 39.0 Å². The number of allylic oxidation sites excluding steroid dienone is 1. The number of rotatable bonds is 8. The van der Waals surface area contributed by atoms with Gasteiger partial charge in [-0.25, -0.2) is 0 Å². The highest BCUT2D eigenvalue weighted by molar-refractivity contribution is 5.78. The summed E-state index contributed by atoms with van der Waals surface area (Å²) < 4.78 is 0. The predicted octanol–water partition coefficient (Wildman–Crippen LogP) is 2.29. The van der Waals surface area contributed by atoms with E-state index in [0.29, 0.717) is 31.1 Å². The van der Waals surface area contributed by atoms with E-state index in [0.717, 1.165) is 19.3 Å². The van der Waals surface area contributed by atoms with Gasteiger partial charge in [-0.05, 0) is 31.7 Å². The number of hydrogen-bond donors (Lipinski definition) is 1. The van der Waals surface area contributed by atoms with Crippen molar-refractivity contribution < 1.29 is 4.79 Å². The summed E-state index contributed by atoms with van der Waals surface area (Å²) in [6.07, 6.45) is 6.07. The smallest absolute Gasteiger partial charge is 0.132 e. The Kier molecular flexibility index (Phi) is 7.60. The van der Waals surface area contributed by atoms with Crippen LogP contribution in [-0.2, 0) is 4.79 Å². The van der Waals surface area contributed by atoms with Gasteiger partial charge in [-0.1, -0.05) is 13.0 Å². The van der Waals surface area contributed by atoms with Crippen LogP contribution < -0.4 is 5.73 Å². The lowest BCUT2D eigenvalue weighted by Crippen LogP contribution is -2.12. The Morgan fingerprint density at radius 1 is 1.54 bits per heavy atom. The number of nitrogens with two attached hydrogens (primary N) is 1. The van der Waals surface area contributed by atoms with Crippen molar-refractivity contribution in [2.75, 3.05) is 6.54 Å². The second-order valence-electron chi connectivity index (χ2n) is 3.60. The molecule has 0 radical (unpaired) electrons. The molecule has 0 heterocycles. The number of unbranched alkanes of at least 4 members (excludes halogenated alkanes) is 1. The van der Waals surface area contributed by atoms with Gasteiger partial charge in [-0.2, -0.15) is 0 Å². The van der Waals surface area contributed by atoms with Crippen LogP contribution in [0.3, 0.4) is 0 Å². The minimum Gasteiger partial charge on any atom is -0.330 e. The van der Waals surface area contributed by atoms with Gasteiger partial charge >= 0.3 is 0 Å². The fourth-order valence-electron chi connectivity index (χ4n) is 1.09. The number of carbonyl (C=O) groups is 1. The molecule has 0 spiro atoms. The lowest BCUT2D eigenvalue weighted by Gasteiger charge is -2.06.